The van der Waals surface area contributed by atoms with Gasteiger partial charge < -0.3 is 5.11 Å². The summed E-state index contributed by atoms with van der Waals surface area (Å²) >= 11 is 0. The summed E-state index contributed by atoms with van der Waals surface area (Å²) < 4.78 is 0. The van der Waals surface area contributed by atoms with Gasteiger partial charge in [0.15, 0.2) is 0 Å². The van der Waals surface area contributed by atoms with Gasteiger partial charge in [-0.05, 0) is 25.2 Å². The minimum atomic E-state index is -0.582. The highest BCUT2D eigenvalue weighted by molar-refractivity contribution is 5.13. The van der Waals surface area contributed by atoms with Crippen LogP contribution in [0.5, 0.6) is 0 Å². The van der Waals surface area contributed by atoms with E-state index in [1.165, 1.54) is 5.57 Å². The normalized spacial score (nSPS) is 36.2. The fraction of sp³-hybridized carbons (Fsp3) is 0.667. The Hall–Kier alpha value is -0.740. The molecule has 0 aromatic carbocycles. The van der Waals surface area contributed by atoms with Gasteiger partial charge in [-0.1, -0.05) is 31.4 Å². The Morgan fingerprint density at radius 3 is 2.77 bits per heavy atom. The standard InChI is InChI=1S/C12H18O/c1-5-12(13)11-7-9(3)8(2)6-10(11)4/h1,6,9-13H,7H2,2-4H3. The van der Waals surface area contributed by atoms with E-state index in [4.69, 9.17) is 6.42 Å². The van der Waals surface area contributed by atoms with Gasteiger partial charge >= 0.3 is 0 Å². The van der Waals surface area contributed by atoms with Crippen molar-refractivity contribution < 1.29 is 5.11 Å². The molecule has 0 fully saturated rings. The SMILES string of the molecule is C#CC(O)C1CC(C)C(C)=CC1C. The van der Waals surface area contributed by atoms with Crippen LogP contribution in [-0.4, -0.2) is 11.2 Å². The molecule has 1 aliphatic rings. The van der Waals surface area contributed by atoms with Crippen molar-refractivity contribution in [2.24, 2.45) is 17.8 Å². The lowest BCUT2D eigenvalue weighted by Gasteiger charge is -2.32. The van der Waals surface area contributed by atoms with E-state index in [-0.39, 0.29) is 5.92 Å². The van der Waals surface area contributed by atoms with Gasteiger partial charge in [0.05, 0.1) is 0 Å². The third-order valence-electron chi connectivity index (χ3n) is 3.18. The van der Waals surface area contributed by atoms with Gasteiger partial charge in [-0.25, -0.2) is 0 Å². The van der Waals surface area contributed by atoms with Crippen LogP contribution in [0.25, 0.3) is 0 Å². The molecule has 0 saturated carbocycles. The largest absolute Gasteiger partial charge is 0.380 e. The van der Waals surface area contributed by atoms with E-state index >= 15 is 0 Å². The Balaban J connectivity index is 2.77. The van der Waals surface area contributed by atoms with Crippen molar-refractivity contribution in [3.63, 3.8) is 0 Å². The summed E-state index contributed by atoms with van der Waals surface area (Å²) in [6.45, 7) is 6.47. The average molecular weight is 178 g/mol. The van der Waals surface area contributed by atoms with Gasteiger partial charge in [-0.2, -0.15) is 0 Å². The molecule has 1 nitrogen and oxygen atoms in total. The monoisotopic (exact) mass is 178 g/mol. The van der Waals surface area contributed by atoms with Crippen LogP contribution in [0.2, 0.25) is 0 Å². The molecule has 0 radical (unpaired) electrons. The van der Waals surface area contributed by atoms with Gasteiger partial charge in [0.2, 0.25) is 0 Å². The second kappa shape index (κ2) is 3.98. The second-order valence-electron chi connectivity index (χ2n) is 4.18. The third kappa shape index (κ3) is 2.14. The summed E-state index contributed by atoms with van der Waals surface area (Å²) in [4.78, 5) is 0. The summed E-state index contributed by atoms with van der Waals surface area (Å²) in [5, 5.41) is 9.59. The molecule has 4 atom stereocenters. The molecule has 0 saturated heterocycles. The van der Waals surface area contributed by atoms with Crippen LogP contribution >= 0.6 is 0 Å². The highest BCUT2D eigenvalue weighted by Crippen LogP contribution is 2.34. The average Bonchev–Trinajstić information content (AvgIpc) is 2.10. The molecule has 1 N–H and O–H groups in total. The van der Waals surface area contributed by atoms with E-state index in [2.05, 4.69) is 32.8 Å². The molecular formula is C12H18O. The molecular weight excluding hydrogens is 160 g/mol. The zero-order valence-electron chi connectivity index (χ0n) is 8.62. The maximum absolute atomic E-state index is 9.59. The van der Waals surface area contributed by atoms with Crippen LogP contribution in [0.1, 0.15) is 27.2 Å². The quantitative estimate of drug-likeness (QED) is 0.482. The first-order valence-electron chi connectivity index (χ1n) is 4.88. The minimum Gasteiger partial charge on any atom is -0.380 e. The number of aliphatic hydroxyl groups is 1. The molecule has 0 bridgehead atoms. The molecule has 0 aromatic heterocycles. The van der Waals surface area contributed by atoms with E-state index in [1.807, 2.05) is 0 Å². The fourth-order valence-electron chi connectivity index (χ4n) is 2.05. The third-order valence-corrected chi connectivity index (χ3v) is 3.18. The van der Waals surface area contributed by atoms with E-state index in [0.29, 0.717) is 11.8 Å². The molecule has 1 rings (SSSR count). The zero-order chi connectivity index (χ0) is 10.0. The van der Waals surface area contributed by atoms with E-state index in [1.54, 1.807) is 0 Å². The number of allylic oxidation sites excluding steroid dienone is 2. The molecule has 72 valence electrons. The van der Waals surface area contributed by atoms with Crippen molar-refractivity contribution in [2.75, 3.05) is 0 Å². The smallest absolute Gasteiger partial charge is 0.117 e. The van der Waals surface area contributed by atoms with Crippen LogP contribution in [0, 0.1) is 30.1 Å². The lowest BCUT2D eigenvalue weighted by atomic mass is 9.74. The Labute approximate surface area is 80.9 Å². The van der Waals surface area contributed by atoms with Gasteiger partial charge in [0, 0.05) is 5.92 Å². The highest BCUT2D eigenvalue weighted by Gasteiger charge is 2.28. The zero-order valence-corrected chi connectivity index (χ0v) is 8.62. The van der Waals surface area contributed by atoms with Crippen molar-refractivity contribution >= 4 is 0 Å². The van der Waals surface area contributed by atoms with Crippen LogP contribution in [0.3, 0.4) is 0 Å². The van der Waals surface area contributed by atoms with E-state index in [9.17, 15) is 5.11 Å². The van der Waals surface area contributed by atoms with Crippen LogP contribution < -0.4 is 0 Å². The van der Waals surface area contributed by atoms with Crippen LogP contribution in [0.4, 0.5) is 0 Å². The molecule has 0 aliphatic heterocycles. The van der Waals surface area contributed by atoms with Crippen molar-refractivity contribution in [1.82, 2.24) is 0 Å². The maximum Gasteiger partial charge on any atom is 0.117 e. The fourth-order valence-corrected chi connectivity index (χ4v) is 2.05. The molecule has 0 amide bonds. The van der Waals surface area contributed by atoms with Crippen LogP contribution in [0.15, 0.2) is 11.6 Å². The van der Waals surface area contributed by atoms with Gasteiger partial charge in [0.25, 0.3) is 0 Å². The maximum atomic E-state index is 9.59. The summed E-state index contributed by atoms with van der Waals surface area (Å²) in [6, 6.07) is 0. The second-order valence-corrected chi connectivity index (χ2v) is 4.18. The highest BCUT2D eigenvalue weighted by atomic mass is 16.3. The Bertz CT molecular complexity index is 246. The summed E-state index contributed by atoms with van der Waals surface area (Å²) in [5.41, 5.74) is 1.42. The summed E-state index contributed by atoms with van der Waals surface area (Å²) in [6.07, 6.45) is 7.89. The summed E-state index contributed by atoms with van der Waals surface area (Å²) in [5.74, 6) is 3.63. The van der Waals surface area contributed by atoms with Crippen LogP contribution in [-0.2, 0) is 0 Å². The van der Waals surface area contributed by atoms with Gasteiger partial charge in [0.1, 0.15) is 6.10 Å². The van der Waals surface area contributed by atoms with E-state index < -0.39 is 6.10 Å². The minimum absolute atomic E-state index is 0.240. The van der Waals surface area contributed by atoms with Gasteiger partial charge in [-0.3, -0.25) is 0 Å². The first-order valence-corrected chi connectivity index (χ1v) is 4.88. The predicted octanol–water partition coefficient (Wildman–Crippen LogP) is 2.22. The first kappa shape index (κ1) is 10.3. The number of hydrogen-bond donors (Lipinski definition) is 1. The number of hydrogen-bond acceptors (Lipinski definition) is 1. The summed E-state index contributed by atoms with van der Waals surface area (Å²) in [7, 11) is 0. The topological polar surface area (TPSA) is 20.2 Å². The lowest BCUT2D eigenvalue weighted by Crippen LogP contribution is -2.29. The molecule has 4 unspecified atom stereocenters. The Morgan fingerprint density at radius 2 is 2.23 bits per heavy atom. The number of rotatable bonds is 1. The van der Waals surface area contributed by atoms with Crippen molar-refractivity contribution in [1.29, 1.82) is 0 Å². The van der Waals surface area contributed by atoms with E-state index in [0.717, 1.165) is 6.42 Å². The Morgan fingerprint density at radius 1 is 1.62 bits per heavy atom. The molecule has 1 heteroatoms. The molecule has 1 aliphatic carbocycles. The van der Waals surface area contributed by atoms with Crippen molar-refractivity contribution in [2.45, 2.75) is 33.3 Å². The predicted molar refractivity (Wildman–Crippen MR) is 55.0 cm³/mol. The number of aliphatic hydroxyl groups excluding tert-OH is 1. The van der Waals surface area contributed by atoms with Gasteiger partial charge in [-0.15, -0.1) is 6.42 Å². The lowest BCUT2D eigenvalue weighted by molar-refractivity contribution is 0.117. The molecule has 0 heterocycles. The molecule has 0 spiro atoms. The van der Waals surface area contributed by atoms with Crippen molar-refractivity contribution in [3.8, 4) is 12.3 Å². The molecule has 13 heavy (non-hydrogen) atoms. The number of terminal acetylenes is 1. The first-order chi connectivity index (χ1) is 6.06. The van der Waals surface area contributed by atoms with Crippen molar-refractivity contribution in [3.05, 3.63) is 11.6 Å². The Kier molecular flexibility index (Phi) is 3.17. The molecule has 0 aromatic rings.